The molecule has 2 heterocycles. The van der Waals surface area contributed by atoms with Gasteiger partial charge < -0.3 is 10.2 Å². The normalized spacial score (nSPS) is 10.7. The van der Waals surface area contributed by atoms with Crippen LogP contribution in [0.5, 0.6) is 0 Å². The van der Waals surface area contributed by atoms with E-state index in [1.54, 1.807) is 11.3 Å². The van der Waals surface area contributed by atoms with Crippen LogP contribution in [0, 0.1) is 0 Å². The van der Waals surface area contributed by atoms with Gasteiger partial charge in [0, 0.05) is 18.5 Å². The van der Waals surface area contributed by atoms with E-state index in [1.807, 2.05) is 38.4 Å². The molecular weight excluding hydrogens is 301 g/mol. The third kappa shape index (κ3) is 3.83. The number of thiophene rings is 1. The summed E-state index contributed by atoms with van der Waals surface area (Å²) in [6.45, 7) is 1.44. The van der Waals surface area contributed by atoms with Gasteiger partial charge in [0.1, 0.15) is 5.82 Å². The molecule has 3 nitrogen and oxygen atoms in total. The lowest BCUT2D eigenvalue weighted by Gasteiger charge is -2.18. The average molecular weight is 316 g/mol. The topological polar surface area (TPSA) is 28.2 Å². The quantitative estimate of drug-likeness (QED) is 0.909. The predicted molar refractivity (Wildman–Crippen MR) is 83.4 cm³/mol. The molecule has 0 aliphatic rings. The monoisotopic (exact) mass is 315 g/mol. The zero-order valence-corrected chi connectivity index (χ0v) is 13.1. The molecule has 102 valence electrons. The van der Waals surface area contributed by atoms with Gasteiger partial charge in [-0.05, 0) is 31.3 Å². The summed E-state index contributed by atoms with van der Waals surface area (Å²) in [5.74, 6) is 0.902. The van der Waals surface area contributed by atoms with Crippen LogP contribution in [0.4, 0.5) is 5.82 Å². The Bertz CT molecular complexity index is 557. The fraction of sp³-hybridized carbons (Fsp3) is 0.308. The Balaban J connectivity index is 2.14. The standard InChI is InChI=1S/C13H15Cl2N3S/c1-16-7-11-10(14)4-6-13(17-11)18(2)8-9-3-5-12(15)19-9/h3-6,16H,7-8H2,1-2H3. The molecule has 2 rings (SSSR count). The van der Waals surface area contributed by atoms with Gasteiger partial charge in [-0.25, -0.2) is 4.98 Å². The molecule has 0 saturated carbocycles. The Morgan fingerprint density at radius 3 is 2.68 bits per heavy atom. The molecule has 0 bridgehead atoms. The van der Waals surface area contributed by atoms with E-state index in [2.05, 4.69) is 15.2 Å². The van der Waals surface area contributed by atoms with E-state index in [0.717, 1.165) is 22.4 Å². The van der Waals surface area contributed by atoms with Crippen LogP contribution in [0.25, 0.3) is 0 Å². The Kier molecular flexibility index (Phi) is 5.05. The van der Waals surface area contributed by atoms with Gasteiger partial charge in [0.05, 0.1) is 21.6 Å². The van der Waals surface area contributed by atoms with E-state index in [1.165, 1.54) is 4.88 Å². The average Bonchev–Trinajstić information content (AvgIpc) is 2.77. The fourth-order valence-electron chi connectivity index (χ4n) is 1.73. The molecule has 0 aromatic carbocycles. The zero-order valence-electron chi connectivity index (χ0n) is 10.8. The highest BCUT2D eigenvalue weighted by atomic mass is 35.5. The minimum atomic E-state index is 0.658. The first-order chi connectivity index (χ1) is 9.10. The van der Waals surface area contributed by atoms with Crippen molar-refractivity contribution in [3.05, 3.63) is 44.2 Å². The van der Waals surface area contributed by atoms with Crippen molar-refractivity contribution in [2.75, 3.05) is 19.0 Å². The lowest BCUT2D eigenvalue weighted by molar-refractivity contribution is 0.784. The van der Waals surface area contributed by atoms with Crippen molar-refractivity contribution in [1.82, 2.24) is 10.3 Å². The van der Waals surface area contributed by atoms with Crippen molar-refractivity contribution < 1.29 is 0 Å². The van der Waals surface area contributed by atoms with Crippen LogP contribution < -0.4 is 10.2 Å². The van der Waals surface area contributed by atoms with Gasteiger partial charge in [-0.1, -0.05) is 23.2 Å². The number of halogens is 2. The second kappa shape index (κ2) is 6.57. The number of nitrogens with one attached hydrogen (secondary N) is 1. The van der Waals surface area contributed by atoms with Gasteiger partial charge in [-0.2, -0.15) is 0 Å². The van der Waals surface area contributed by atoms with E-state index in [0.29, 0.717) is 11.6 Å². The zero-order chi connectivity index (χ0) is 13.8. The largest absolute Gasteiger partial charge is 0.355 e. The molecule has 0 saturated heterocycles. The first-order valence-corrected chi connectivity index (χ1v) is 7.42. The molecule has 0 atom stereocenters. The molecule has 0 spiro atoms. The Morgan fingerprint density at radius 1 is 1.26 bits per heavy atom. The maximum absolute atomic E-state index is 6.11. The van der Waals surface area contributed by atoms with Crippen molar-refractivity contribution in [3.63, 3.8) is 0 Å². The van der Waals surface area contributed by atoms with Crippen molar-refractivity contribution in [2.45, 2.75) is 13.1 Å². The highest BCUT2D eigenvalue weighted by molar-refractivity contribution is 7.16. The first kappa shape index (κ1) is 14.6. The summed E-state index contributed by atoms with van der Waals surface area (Å²) in [7, 11) is 3.88. The van der Waals surface area contributed by atoms with Crippen LogP contribution in [0.15, 0.2) is 24.3 Å². The number of hydrogen-bond donors (Lipinski definition) is 1. The van der Waals surface area contributed by atoms with Gasteiger partial charge in [0.25, 0.3) is 0 Å². The van der Waals surface area contributed by atoms with E-state index in [9.17, 15) is 0 Å². The van der Waals surface area contributed by atoms with Crippen LogP contribution in [0.3, 0.4) is 0 Å². The molecule has 2 aromatic heterocycles. The lowest BCUT2D eigenvalue weighted by Crippen LogP contribution is -2.18. The molecule has 0 unspecified atom stereocenters. The summed E-state index contributed by atoms with van der Waals surface area (Å²) in [4.78, 5) is 7.86. The van der Waals surface area contributed by atoms with Gasteiger partial charge in [0.15, 0.2) is 0 Å². The molecule has 0 aliphatic heterocycles. The third-order valence-corrected chi connectivity index (χ3v) is 4.22. The minimum Gasteiger partial charge on any atom is -0.355 e. The van der Waals surface area contributed by atoms with Crippen LogP contribution in [-0.4, -0.2) is 19.1 Å². The summed E-state index contributed by atoms with van der Waals surface area (Å²) in [6.07, 6.45) is 0. The van der Waals surface area contributed by atoms with Gasteiger partial charge in [0.2, 0.25) is 0 Å². The second-order valence-corrected chi connectivity index (χ2v) is 6.40. The van der Waals surface area contributed by atoms with Crippen LogP contribution in [0.2, 0.25) is 9.36 Å². The number of nitrogens with zero attached hydrogens (tertiary/aromatic N) is 2. The lowest BCUT2D eigenvalue weighted by atomic mass is 10.3. The van der Waals surface area contributed by atoms with E-state index < -0.39 is 0 Å². The van der Waals surface area contributed by atoms with Gasteiger partial charge >= 0.3 is 0 Å². The minimum absolute atomic E-state index is 0.658. The summed E-state index contributed by atoms with van der Waals surface area (Å²) < 4.78 is 0.809. The second-order valence-electron chi connectivity index (χ2n) is 4.19. The van der Waals surface area contributed by atoms with Crippen LogP contribution in [0.1, 0.15) is 10.6 Å². The number of rotatable bonds is 5. The molecule has 0 fully saturated rings. The Morgan fingerprint density at radius 2 is 2.05 bits per heavy atom. The van der Waals surface area contributed by atoms with Crippen LogP contribution >= 0.6 is 34.5 Å². The van der Waals surface area contributed by atoms with Crippen molar-refractivity contribution in [1.29, 1.82) is 0 Å². The predicted octanol–water partition coefficient (Wildman–Crippen LogP) is 3.81. The van der Waals surface area contributed by atoms with Crippen LogP contribution in [-0.2, 0) is 13.1 Å². The SMILES string of the molecule is CNCc1nc(N(C)Cc2ccc(Cl)s2)ccc1Cl. The summed E-state index contributed by atoms with van der Waals surface area (Å²) in [5.41, 5.74) is 0.859. The summed E-state index contributed by atoms with van der Waals surface area (Å²) in [6, 6.07) is 7.76. The molecule has 0 aliphatic carbocycles. The van der Waals surface area contributed by atoms with Crippen molar-refractivity contribution >= 4 is 40.4 Å². The van der Waals surface area contributed by atoms with E-state index in [-0.39, 0.29) is 0 Å². The summed E-state index contributed by atoms with van der Waals surface area (Å²) in [5, 5.41) is 3.75. The van der Waals surface area contributed by atoms with Crippen molar-refractivity contribution in [3.8, 4) is 0 Å². The molecule has 19 heavy (non-hydrogen) atoms. The number of anilines is 1. The number of pyridine rings is 1. The maximum Gasteiger partial charge on any atom is 0.129 e. The highest BCUT2D eigenvalue weighted by Crippen LogP contribution is 2.25. The molecule has 1 N–H and O–H groups in total. The van der Waals surface area contributed by atoms with Gasteiger partial charge in [-0.15, -0.1) is 11.3 Å². The van der Waals surface area contributed by atoms with Crippen molar-refractivity contribution in [2.24, 2.45) is 0 Å². The maximum atomic E-state index is 6.11. The smallest absolute Gasteiger partial charge is 0.129 e. The molecule has 2 aromatic rings. The number of hydrogen-bond acceptors (Lipinski definition) is 4. The fourth-order valence-corrected chi connectivity index (χ4v) is 3.04. The summed E-state index contributed by atoms with van der Waals surface area (Å²) >= 11 is 13.6. The van der Waals surface area contributed by atoms with Gasteiger partial charge in [-0.3, -0.25) is 0 Å². The first-order valence-electron chi connectivity index (χ1n) is 5.85. The Hall–Kier alpha value is -0.810. The number of aromatic nitrogens is 1. The molecule has 0 amide bonds. The Labute approximate surface area is 127 Å². The van der Waals surface area contributed by atoms with E-state index in [4.69, 9.17) is 23.2 Å². The molecule has 0 radical (unpaired) electrons. The third-order valence-electron chi connectivity index (χ3n) is 2.66. The highest BCUT2D eigenvalue weighted by Gasteiger charge is 2.08. The van der Waals surface area contributed by atoms with E-state index >= 15 is 0 Å². The molecular formula is C13H15Cl2N3S. The molecule has 6 heteroatoms.